The molecule has 1 aromatic rings. The Morgan fingerprint density at radius 2 is 1.78 bits per heavy atom. The first kappa shape index (κ1) is 14.2. The molecule has 98 valence electrons. The molecule has 0 radical (unpaired) electrons. The predicted octanol–water partition coefficient (Wildman–Crippen LogP) is 1.13. The van der Waals surface area contributed by atoms with E-state index in [2.05, 4.69) is 5.32 Å². The minimum atomic E-state index is -1.15. The maximum Gasteiger partial charge on any atom is 0.336 e. The van der Waals surface area contributed by atoms with Gasteiger partial charge in [0.25, 0.3) is 5.91 Å². The van der Waals surface area contributed by atoms with E-state index < -0.39 is 11.9 Å². The lowest BCUT2D eigenvalue weighted by atomic mass is 10.0. The third-order valence-corrected chi connectivity index (χ3v) is 2.72. The molecule has 0 saturated carbocycles. The molecule has 0 spiro atoms. The topological polar surface area (TPSA) is 86.6 Å². The summed E-state index contributed by atoms with van der Waals surface area (Å²) in [5.74, 6) is -1.57. The minimum Gasteiger partial charge on any atom is -0.478 e. The Morgan fingerprint density at radius 1 is 1.22 bits per heavy atom. The van der Waals surface area contributed by atoms with Crippen molar-refractivity contribution in [3.63, 3.8) is 0 Å². The maximum atomic E-state index is 12.0. The molecule has 18 heavy (non-hydrogen) atoms. The molecule has 0 saturated heterocycles. The zero-order valence-corrected chi connectivity index (χ0v) is 10.4. The molecule has 1 unspecified atom stereocenters. The van der Waals surface area contributed by atoms with E-state index in [9.17, 15) is 9.59 Å². The maximum absolute atomic E-state index is 12.0. The van der Waals surface area contributed by atoms with E-state index in [1.165, 1.54) is 12.1 Å². The number of carbonyl (C=O) groups excluding carboxylic acids is 1. The number of aliphatic hydroxyl groups excluding tert-OH is 1. The minimum absolute atomic E-state index is 0.0459. The SMILES string of the molecule is CC(C)C(CO)NC(=O)c1ccccc1C(=O)O. The standard InChI is InChI=1S/C13H17NO4/c1-8(2)11(7-15)14-12(16)9-5-3-4-6-10(9)13(17)18/h3-6,8,11,15H,7H2,1-2H3,(H,14,16)(H,17,18). The van der Waals surface area contributed by atoms with Crippen molar-refractivity contribution in [2.24, 2.45) is 5.92 Å². The summed E-state index contributed by atoms with van der Waals surface area (Å²) in [5, 5.41) is 20.8. The smallest absolute Gasteiger partial charge is 0.336 e. The van der Waals surface area contributed by atoms with Crippen LogP contribution in [0.25, 0.3) is 0 Å². The number of hydrogen-bond donors (Lipinski definition) is 3. The van der Waals surface area contributed by atoms with Gasteiger partial charge < -0.3 is 15.5 Å². The summed E-state index contributed by atoms with van der Waals surface area (Å²) in [7, 11) is 0. The van der Waals surface area contributed by atoms with Gasteiger partial charge in [-0.3, -0.25) is 4.79 Å². The molecule has 3 N–H and O–H groups in total. The van der Waals surface area contributed by atoms with Crippen LogP contribution in [0.15, 0.2) is 24.3 Å². The number of hydrogen-bond acceptors (Lipinski definition) is 3. The molecule has 0 aliphatic carbocycles. The molecule has 0 heterocycles. The number of aliphatic hydroxyl groups is 1. The Bertz CT molecular complexity index is 442. The summed E-state index contributed by atoms with van der Waals surface area (Å²) < 4.78 is 0. The normalized spacial score (nSPS) is 12.2. The Kier molecular flexibility index (Phi) is 4.85. The third kappa shape index (κ3) is 3.30. The van der Waals surface area contributed by atoms with Gasteiger partial charge in [-0.05, 0) is 18.1 Å². The molecule has 5 heteroatoms. The average molecular weight is 251 g/mol. The molecule has 0 bridgehead atoms. The van der Waals surface area contributed by atoms with Crippen LogP contribution >= 0.6 is 0 Å². The molecule has 1 rings (SSSR count). The number of benzene rings is 1. The van der Waals surface area contributed by atoms with Crippen LogP contribution in [0, 0.1) is 5.92 Å². The number of carbonyl (C=O) groups is 2. The first-order valence-corrected chi connectivity index (χ1v) is 5.71. The zero-order chi connectivity index (χ0) is 13.7. The molecule has 0 aromatic heterocycles. The number of aromatic carboxylic acids is 1. The highest BCUT2D eigenvalue weighted by Gasteiger charge is 2.20. The molecular weight excluding hydrogens is 234 g/mol. The molecular formula is C13H17NO4. The molecule has 5 nitrogen and oxygen atoms in total. The van der Waals surface area contributed by atoms with Gasteiger partial charge in [-0.15, -0.1) is 0 Å². The largest absolute Gasteiger partial charge is 0.478 e. The number of nitrogens with one attached hydrogen (secondary N) is 1. The van der Waals surface area contributed by atoms with Crippen LogP contribution in [0.2, 0.25) is 0 Å². The second kappa shape index (κ2) is 6.16. The van der Waals surface area contributed by atoms with Gasteiger partial charge in [-0.1, -0.05) is 26.0 Å². The van der Waals surface area contributed by atoms with E-state index in [4.69, 9.17) is 10.2 Å². The van der Waals surface area contributed by atoms with Crippen molar-refractivity contribution in [1.29, 1.82) is 0 Å². The van der Waals surface area contributed by atoms with E-state index in [1.807, 2.05) is 13.8 Å². The second-order valence-electron chi connectivity index (χ2n) is 4.36. The van der Waals surface area contributed by atoms with E-state index >= 15 is 0 Å². The highest BCUT2D eigenvalue weighted by Crippen LogP contribution is 2.10. The molecule has 0 aliphatic heterocycles. The van der Waals surface area contributed by atoms with Crippen LogP contribution in [0.1, 0.15) is 34.6 Å². The monoisotopic (exact) mass is 251 g/mol. The molecule has 0 fully saturated rings. The van der Waals surface area contributed by atoms with Crippen LogP contribution in [-0.2, 0) is 0 Å². The second-order valence-corrected chi connectivity index (χ2v) is 4.36. The van der Waals surface area contributed by atoms with Crippen LogP contribution in [0.5, 0.6) is 0 Å². The molecule has 1 atom stereocenters. The summed E-state index contributed by atoms with van der Waals surface area (Å²) in [4.78, 5) is 22.9. The van der Waals surface area contributed by atoms with Crippen molar-refractivity contribution in [1.82, 2.24) is 5.32 Å². The summed E-state index contributed by atoms with van der Waals surface area (Å²) >= 11 is 0. The fraction of sp³-hybridized carbons (Fsp3) is 0.385. The van der Waals surface area contributed by atoms with Crippen molar-refractivity contribution < 1.29 is 19.8 Å². The van der Waals surface area contributed by atoms with Crippen LogP contribution < -0.4 is 5.32 Å². The van der Waals surface area contributed by atoms with Crippen LogP contribution in [-0.4, -0.2) is 34.7 Å². The zero-order valence-electron chi connectivity index (χ0n) is 10.4. The van der Waals surface area contributed by atoms with Gasteiger partial charge in [0.05, 0.1) is 23.8 Å². The van der Waals surface area contributed by atoms with Crippen molar-refractivity contribution in [3.8, 4) is 0 Å². The van der Waals surface area contributed by atoms with Crippen molar-refractivity contribution >= 4 is 11.9 Å². The van der Waals surface area contributed by atoms with Gasteiger partial charge in [0.15, 0.2) is 0 Å². The lowest BCUT2D eigenvalue weighted by Gasteiger charge is -2.20. The summed E-state index contributed by atoms with van der Waals surface area (Å²) in [6.45, 7) is 3.55. The number of carboxylic acid groups (broad SMARTS) is 1. The van der Waals surface area contributed by atoms with Gasteiger partial charge in [0.1, 0.15) is 0 Å². The highest BCUT2D eigenvalue weighted by atomic mass is 16.4. The van der Waals surface area contributed by atoms with E-state index in [0.29, 0.717) is 0 Å². The van der Waals surface area contributed by atoms with E-state index in [1.54, 1.807) is 12.1 Å². The van der Waals surface area contributed by atoms with Gasteiger partial charge in [0.2, 0.25) is 0 Å². The van der Waals surface area contributed by atoms with Gasteiger partial charge in [0, 0.05) is 0 Å². The number of carboxylic acids is 1. The number of rotatable bonds is 5. The van der Waals surface area contributed by atoms with Gasteiger partial charge in [-0.25, -0.2) is 4.79 Å². The average Bonchev–Trinajstić information content (AvgIpc) is 2.35. The Morgan fingerprint density at radius 3 is 2.22 bits per heavy atom. The van der Waals surface area contributed by atoms with Crippen LogP contribution in [0.4, 0.5) is 0 Å². The van der Waals surface area contributed by atoms with Crippen molar-refractivity contribution in [2.45, 2.75) is 19.9 Å². The van der Waals surface area contributed by atoms with Crippen molar-refractivity contribution in [3.05, 3.63) is 35.4 Å². The molecule has 1 aromatic carbocycles. The Balaban J connectivity index is 2.94. The van der Waals surface area contributed by atoms with Gasteiger partial charge in [-0.2, -0.15) is 0 Å². The van der Waals surface area contributed by atoms with Gasteiger partial charge >= 0.3 is 5.97 Å². The fourth-order valence-corrected chi connectivity index (χ4v) is 1.54. The Hall–Kier alpha value is -1.88. The summed E-state index contributed by atoms with van der Waals surface area (Å²) in [5.41, 5.74) is 0.0551. The van der Waals surface area contributed by atoms with Crippen LogP contribution in [0.3, 0.4) is 0 Å². The first-order valence-electron chi connectivity index (χ1n) is 5.71. The fourth-order valence-electron chi connectivity index (χ4n) is 1.54. The van der Waals surface area contributed by atoms with E-state index in [0.717, 1.165) is 0 Å². The Labute approximate surface area is 105 Å². The quantitative estimate of drug-likeness (QED) is 0.732. The molecule has 0 aliphatic rings. The lowest BCUT2D eigenvalue weighted by Crippen LogP contribution is -2.41. The number of amides is 1. The summed E-state index contributed by atoms with van der Waals surface area (Å²) in [6.07, 6.45) is 0. The predicted molar refractivity (Wildman–Crippen MR) is 66.6 cm³/mol. The molecule has 1 amide bonds. The third-order valence-electron chi connectivity index (χ3n) is 2.72. The highest BCUT2D eigenvalue weighted by molar-refractivity contribution is 6.04. The first-order chi connectivity index (χ1) is 8.47. The van der Waals surface area contributed by atoms with Crippen molar-refractivity contribution in [2.75, 3.05) is 6.61 Å². The lowest BCUT2D eigenvalue weighted by molar-refractivity contribution is 0.0689. The van der Waals surface area contributed by atoms with E-state index in [-0.39, 0.29) is 29.7 Å². The summed E-state index contributed by atoms with van der Waals surface area (Å²) in [6, 6.07) is 5.60.